The topological polar surface area (TPSA) is 49.8 Å². The zero-order chi connectivity index (χ0) is 10.1. The first-order valence-electron chi connectivity index (χ1n) is 4.50. The van der Waals surface area contributed by atoms with E-state index in [0.29, 0.717) is 13.2 Å². The van der Waals surface area contributed by atoms with Crippen LogP contribution < -0.4 is 0 Å². The van der Waals surface area contributed by atoms with E-state index >= 15 is 0 Å². The Kier molecular flexibility index (Phi) is 2.93. The molecule has 1 aliphatic heterocycles. The quantitative estimate of drug-likeness (QED) is 0.662. The van der Waals surface area contributed by atoms with Crippen LogP contribution in [0.15, 0.2) is 0 Å². The Morgan fingerprint density at radius 2 is 2.23 bits per heavy atom. The fourth-order valence-electron chi connectivity index (χ4n) is 1.42. The number of carbonyl (C=O) groups is 1. The van der Waals surface area contributed by atoms with Gasteiger partial charge in [0.1, 0.15) is 5.60 Å². The highest BCUT2D eigenvalue weighted by atomic mass is 16.5. The minimum absolute atomic E-state index is 0.124. The molecule has 0 aromatic heterocycles. The van der Waals surface area contributed by atoms with Gasteiger partial charge in [-0.15, -0.1) is 0 Å². The van der Waals surface area contributed by atoms with E-state index in [4.69, 9.17) is 4.74 Å². The second kappa shape index (κ2) is 3.64. The van der Waals surface area contributed by atoms with E-state index < -0.39 is 5.60 Å². The maximum Gasteiger partial charge on any atom is 0.254 e. The van der Waals surface area contributed by atoms with Gasteiger partial charge >= 0.3 is 0 Å². The first kappa shape index (κ1) is 10.5. The Hall–Kier alpha value is -0.610. The number of amides is 1. The number of likely N-dealkylation sites (N-methyl/N-ethyl adjacent to an activating group) is 1. The largest absolute Gasteiger partial charge is 0.381 e. The third-order valence-electron chi connectivity index (χ3n) is 2.30. The molecule has 0 saturated carbocycles. The summed E-state index contributed by atoms with van der Waals surface area (Å²) in [5.41, 5.74) is -1.28. The molecule has 0 aliphatic carbocycles. The Balaban J connectivity index is 2.56. The van der Waals surface area contributed by atoms with Crippen LogP contribution in [-0.2, 0) is 9.53 Å². The summed E-state index contributed by atoms with van der Waals surface area (Å²) >= 11 is 0. The van der Waals surface area contributed by atoms with Crippen LogP contribution >= 0.6 is 0 Å². The van der Waals surface area contributed by atoms with Crippen LogP contribution in [0.4, 0.5) is 0 Å². The summed E-state index contributed by atoms with van der Waals surface area (Å²) in [5, 5.41) is 9.48. The molecule has 0 aromatic carbocycles. The SMILES string of the molecule is CN(C(=O)C(C)(C)O)C1CCOC1. The third kappa shape index (κ3) is 2.42. The second-order valence-electron chi connectivity index (χ2n) is 3.99. The van der Waals surface area contributed by atoms with E-state index in [9.17, 15) is 9.90 Å². The molecule has 1 saturated heterocycles. The molecule has 1 N–H and O–H groups in total. The van der Waals surface area contributed by atoms with Crippen molar-refractivity contribution < 1.29 is 14.6 Å². The average molecular weight is 187 g/mol. The van der Waals surface area contributed by atoms with Gasteiger partial charge in [-0.1, -0.05) is 0 Å². The van der Waals surface area contributed by atoms with Gasteiger partial charge in [-0.05, 0) is 20.3 Å². The van der Waals surface area contributed by atoms with Crippen LogP contribution in [0.5, 0.6) is 0 Å². The van der Waals surface area contributed by atoms with Gasteiger partial charge in [0.2, 0.25) is 0 Å². The van der Waals surface area contributed by atoms with E-state index in [1.54, 1.807) is 11.9 Å². The molecule has 4 heteroatoms. The Labute approximate surface area is 78.5 Å². The molecule has 1 unspecified atom stereocenters. The maximum atomic E-state index is 11.6. The fourth-order valence-corrected chi connectivity index (χ4v) is 1.42. The molecule has 4 nitrogen and oxygen atoms in total. The van der Waals surface area contributed by atoms with Crippen molar-refractivity contribution >= 4 is 5.91 Å². The second-order valence-corrected chi connectivity index (χ2v) is 3.99. The maximum absolute atomic E-state index is 11.6. The molecule has 1 amide bonds. The number of ether oxygens (including phenoxy) is 1. The highest BCUT2D eigenvalue weighted by Gasteiger charge is 2.32. The minimum atomic E-state index is -1.28. The zero-order valence-electron chi connectivity index (χ0n) is 8.41. The van der Waals surface area contributed by atoms with E-state index in [2.05, 4.69) is 0 Å². The minimum Gasteiger partial charge on any atom is -0.381 e. The van der Waals surface area contributed by atoms with Crippen molar-refractivity contribution in [1.82, 2.24) is 4.90 Å². The number of aliphatic hydroxyl groups is 1. The van der Waals surface area contributed by atoms with Crippen LogP contribution in [-0.4, -0.2) is 47.8 Å². The Morgan fingerprint density at radius 3 is 2.62 bits per heavy atom. The monoisotopic (exact) mass is 187 g/mol. The van der Waals surface area contributed by atoms with E-state index in [1.165, 1.54) is 13.8 Å². The predicted molar refractivity (Wildman–Crippen MR) is 48.3 cm³/mol. The molecule has 1 fully saturated rings. The standard InChI is InChI=1S/C9H17NO3/c1-9(2,12)8(11)10(3)7-4-5-13-6-7/h7,12H,4-6H2,1-3H3. The Bertz CT molecular complexity index is 192. The lowest BCUT2D eigenvalue weighted by Gasteiger charge is -2.29. The van der Waals surface area contributed by atoms with Gasteiger partial charge in [-0.25, -0.2) is 0 Å². The van der Waals surface area contributed by atoms with Crippen molar-refractivity contribution in [2.45, 2.75) is 31.9 Å². The van der Waals surface area contributed by atoms with Gasteiger partial charge < -0.3 is 14.7 Å². The third-order valence-corrected chi connectivity index (χ3v) is 2.30. The van der Waals surface area contributed by atoms with Gasteiger partial charge in [0.15, 0.2) is 0 Å². The molecule has 1 rings (SSSR count). The molecule has 76 valence electrons. The molecule has 1 atom stereocenters. The van der Waals surface area contributed by atoms with Crippen molar-refractivity contribution in [3.05, 3.63) is 0 Å². The molecule has 0 bridgehead atoms. The van der Waals surface area contributed by atoms with E-state index in [1.807, 2.05) is 0 Å². The van der Waals surface area contributed by atoms with Crippen LogP contribution in [0.1, 0.15) is 20.3 Å². The summed E-state index contributed by atoms with van der Waals surface area (Å²) in [5.74, 6) is -0.247. The summed E-state index contributed by atoms with van der Waals surface area (Å²) in [7, 11) is 1.71. The van der Waals surface area contributed by atoms with Gasteiger partial charge in [-0.2, -0.15) is 0 Å². The summed E-state index contributed by atoms with van der Waals surface area (Å²) in [6.45, 7) is 4.29. The number of rotatable bonds is 2. The molecule has 1 aliphatic rings. The highest BCUT2D eigenvalue weighted by Crippen LogP contribution is 2.15. The lowest BCUT2D eigenvalue weighted by molar-refractivity contribution is -0.148. The first-order chi connectivity index (χ1) is 5.93. The van der Waals surface area contributed by atoms with E-state index in [-0.39, 0.29) is 11.9 Å². The predicted octanol–water partition coefficient (Wildman–Crippen LogP) is 0.00460. The van der Waals surface area contributed by atoms with Crippen molar-refractivity contribution in [2.75, 3.05) is 20.3 Å². The summed E-state index contributed by atoms with van der Waals surface area (Å²) in [4.78, 5) is 13.1. The molecular formula is C9H17NO3. The fraction of sp³-hybridized carbons (Fsp3) is 0.889. The Morgan fingerprint density at radius 1 is 1.62 bits per heavy atom. The molecule has 1 heterocycles. The van der Waals surface area contributed by atoms with Crippen molar-refractivity contribution in [2.24, 2.45) is 0 Å². The van der Waals surface area contributed by atoms with E-state index in [0.717, 1.165) is 6.42 Å². The number of hydrogen-bond donors (Lipinski definition) is 1. The van der Waals surface area contributed by atoms with Gasteiger partial charge in [-0.3, -0.25) is 4.79 Å². The normalized spacial score (nSPS) is 23.2. The van der Waals surface area contributed by atoms with Crippen LogP contribution in [0.25, 0.3) is 0 Å². The van der Waals surface area contributed by atoms with Gasteiger partial charge in [0.05, 0.1) is 12.6 Å². The number of carbonyl (C=O) groups excluding carboxylic acids is 1. The van der Waals surface area contributed by atoms with Crippen LogP contribution in [0, 0.1) is 0 Å². The van der Waals surface area contributed by atoms with Crippen molar-refractivity contribution in [3.8, 4) is 0 Å². The molecule has 13 heavy (non-hydrogen) atoms. The van der Waals surface area contributed by atoms with Crippen LogP contribution in [0.2, 0.25) is 0 Å². The van der Waals surface area contributed by atoms with Gasteiger partial charge in [0.25, 0.3) is 5.91 Å². The van der Waals surface area contributed by atoms with Gasteiger partial charge in [0, 0.05) is 13.7 Å². The first-order valence-corrected chi connectivity index (χ1v) is 4.50. The average Bonchev–Trinajstić information content (AvgIpc) is 2.51. The summed E-state index contributed by atoms with van der Waals surface area (Å²) in [6.07, 6.45) is 0.859. The van der Waals surface area contributed by atoms with Crippen molar-refractivity contribution in [1.29, 1.82) is 0 Å². The molecular weight excluding hydrogens is 170 g/mol. The van der Waals surface area contributed by atoms with Crippen LogP contribution in [0.3, 0.4) is 0 Å². The lowest BCUT2D eigenvalue weighted by Crippen LogP contribution is -2.48. The van der Waals surface area contributed by atoms with Crippen molar-refractivity contribution in [3.63, 3.8) is 0 Å². The number of nitrogens with zero attached hydrogens (tertiary/aromatic N) is 1. The summed E-state index contributed by atoms with van der Waals surface area (Å²) < 4.78 is 5.17. The lowest BCUT2D eigenvalue weighted by atomic mass is 10.1. The highest BCUT2D eigenvalue weighted by molar-refractivity contribution is 5.84. The molecule has 0 radical (unpaired) electrons. The zero-order valence-corrected chi connectivity index (χ0v) is 8.41. The molecule has 0 aromatic rings. The smallest absolute Gasteiger partial charge is 0.254 e. The summed E-state index contributed by atoms with van der Waals surface area (Å²) in [6, 6.07) is 0.124. The molecule has 0 spiro atoms. The number of hydrogen-bond acceptors (Lipinski definition) is 3.